The fourth-order valence-corrected chi connectivity index (χ4v) is 4.01. The summed E-state index contributed by atoms with van der Waals surface area (Å²) in [5.41, 5.74) is 1.92. The lowest BCUT2D eigenvalue weighted by molar-refractivity contribution is 0.0930. The summed E-state index contributed by atoms with van der Waals surface area (Å²) in [6.45, 7) is 9.19. The number of amides is 1. The van der Waals surface area contributed by atoms with Gasteiger partial charge in [-0.3, -0.25) is 4.79 Å². The average Bonchev–Trinajstić information content (AvgIpc) is 2.92. The van der Waals surface area contributed by atoms with Crippen LogP contribution in [-0.4, -0.2) is 10.5 Å². The zero-order valence-corrected chi connectivity index (χ0v) is 15.3. The van der Waals surface area contributed by atoms with Crippen molar-refractivity contribution >= 4 is 33.2 Å². The molecule has 1 amide bonds. The molecule has 2 rings (SSSR count). The molecule has 5 heteroatoms. The van der Waals surface area contributed by atoms with E-state index in [1.807, 2.05) is 23.8 Å². The molecular formula is C16H21BrN2OS. The van der Waals surface area contributed by atoms with Crippen molar-refractivity contribution in [1.29, 1.82) is 0 Å². The van der Waals surface area contributed by atoms with Gasteiger partial charge in [0.1, 0.15) is 5.69 Å². The van der Waals surface area contributed by atoms with Crippen LogP contribution in [0.4, 0.5) is 0 Å². The highest BCUT2D eigenvalue weighted by Crippen LogP contribution is 2.26. The summed E-state index contributed by atoms with van der Waals surface area (Å²) < 4.78 is 2.94. The molecule has 0 saturated heterocycles. The Bertz CT molecular complexity index is 645. The largest absolute Gasteiger partial charge is 0.344 e. The number of aromatic nitrogens is 1. The van der Waals surface area contributed by atoms with Crippen molar-refractivity contribution in [2.45, 2.75) is 46.7 Å². The molecule has 0 bridgehead atoms. The molecule has 2 heterocycles. The van der Waals surface area contributed by atoms with Gasteiger partial charge in [0.15, 0.2) is 0 Å². The lowest BCUT2D eigenvalue weighted by atomic mass is 10.1. The fraction of sp³-hybridized carbons (Fsp3) is 0.438. The molecule has 21 heavy (non-hydrogen) atoms. The zero-order valence-electron chi connectivity index (χ0n) is 12.9. The van der Waals surface area contributed by atoms with Gasteiger partial charge in [0.25, 0.3) is 5.91 Å². The van der Waals surface area contributed by atoms with Crippen LogP contribution in [0.2, 0.25) is 0 Å². The number of halogens is 1. The first-order valence-electron chi connectivity index (χ1n) is 7.15. The van der Waals surface area contributed by atoms with Crippen LogP contribution >= 0.6 is 27.3 Å². The summed E-state index contributed by atoms with van der Waals surface area (Å²) in [6, 6.07) is 4.06. The Morgan fingerprint density at radius 3 is 2.71 bits per heavy atom. The van der Waals surface area contributed by atoms with Crippen molar-refractivity contribution in [3.63, 3.8) is 0 Å². The molecule has 0 fully saturated rings. The molecule has 0 aliphatic carbocycles. The Morgan fingerprint density at radius 2 is 2.14 bits per heavy atom. The van der Waals surface area contributed by atoms with E-state index in [4.69, 9.17) is 0 Å². The first-order chi connectivity index (χ1) is 9.92. The van der Waals surface area contributed by atoms with E-state index in [1.54, 1.807) is 11.3 Å². The van der Waals surface area contributed by atoms with Gasteiger partial charge in [-0.25, -0.2) is 0 Å². The van der Waals surface area contributed by atoms with Crippen LogP contribution in [0.3, 0.4) is 0 Å². The highest BCUT2D eigenvalue weighted by molar-refractivity contribution is 9.10. The van der Waals surface area contributed by atoms with Crippen LogP contribution in [0.5, 0.6) is 0 Å². The minimum absolute atomic E-state index is 0.0196. The third-order valence-electron chi connectivity index (χ3n) is 3.45. The molecule has 1 N–H and O–H groups in total. The van der Waals surface area contributed by atoms with Gasteiger partial charge in [0.2, 0.25) is 0 Å². The van der Waals surface area contributed by atoms with Crippen molar-refractivity contribution in [3.05, 3.63) is 43.8 Å². The predicted octanol–water partition coefficient (Wildman–Crippen LogP) is 4.83. The smallest absolute Gasteiger partial charge is 0.268 e. The van der Waals surface area contributed by atoms with E-state index in [-0.39, 0.29) is 11.9 Å². The van der Waals surface area contributed by atoms with Crippen molar-refractivity contribution < 1.29 is 4.79 Å². The molecule has 1 unspecified atom stereocenters. The van der Waals surface area contributed by atoms with Gasteiger partial charge in [-0.1, -0.05) is 6.92 Å². The predicted molar refractivity (Wildman–Crippen MR) is 92.1 cm³/mol. The fourth-order valence-electron chi connectivity index (χ4n) is 2.52. The number of rotatable bonds is 5. The highest BCUT2D eigenvalue weighted by atomic mass is 79.9. The summed E-state index contributed by atoms with van der Waals surface area (Å²) >= 11 is 5.22. The minimum Gasteiger partial charge on any atom is -0.344 e. The van der Waals surface area contributed by atoms with Gasteiger partial charge in [0.05, 0.1) is 6.04 Å². The van der Waals surface area contributed by atoms with E-state index >= 15 is 0 Å². The summed E-state index contributed by atoms with van der Waals surface area (Å²) in [4.78, 5) is 15.1. The van der Waals surface area contributed by atoms with Gasteiger partial charge in [-0.05, 0) is 60.8 Å². The molecule has 2 aromatic rings. The van der Waals surface area contributed by atoms with E-state index in [9.17, 15) is 4.79 Å². The summed E-state index contributed by atoms with van der Waals surface area (Å²) in [7, 11) is 0. The third-order valence-corrected chi connectivity index (χ3v) is 4.87. The van der Waals surface area contributed by atoms with E-state index in [0.717, 1.165) is 17.4 Å². The number of hydrogen-bond acceptors (Lipinski definition) is 2. The number of aryl methyl sites for hydroxylation is 3. The van der Waals surface area contributed by atoms with E-state index < -0.39 is 0 Å². The molecule has 0 saturated carbocycles. The monoisotopic (exact) mass is 368 g/mol. The Morgan fingerprint density at radius 1 is 1.43 bits per heavy atom. The maximum atomic E-state index is 12.5. The van der Waals surface area contributed by atoms with Crippen LogP contribution in [0.1, 0.15) is 52.1 Å². The number of carbonyl (C=O) groups excluding carboxylic acids is 1. The number of carbonyl (C=O) groups is 1. The van der Waals surface area contributed by atoms with Gasteiger partial charge in [0, 0.05) is 27.0 Å². The van der Waals surface area contributed by atoms with Gasteiger partial charge in [-0.15, -0.1) is 11.3 Å². The molecule has 0 aliphatic rings. The normalized spacial score (nSPS) is 12.4. The van der Waals surface area contributed by atoms with E-state index in [2.05, 4.69) is 48.1 Å². The van der Waals surface area contributed by atoms with Crippen LogP contribution in [0, 0.1) is 13.8 Å². The average molecular weight is 369 g/mol. The molecule has 0 radical (unpaired) electrons. The van der Waals surface area contributed by atoms with E-state index in [1.165, 1.54) is 15.3 Å². The lowest BCUT2D eigenvalue weighted by Gasteiger charge is -2.15. The Hall–Kier alpha value is -1.07. The molecule has 1 atom stereocenters. The summed E-state index contributed by atoms with van der Waals surface area (Å²) in [5.74, 6) is -0.0232. The first kappa shape index (κ1) is 16.3. The number of nitrogens with one attached hydrogen (secondary N) is 1. The quantitative estimate of drug-likeness (QED) is 0.805. The minimum atomic E-state index is -0.0232. The number of nitrogens with zero attached hydrogens (tertiary/aromatic N) is 1. The second kappa shape index (κ2) is 6.79. The van der Waals surface area contributed by atoms with Crippen LogP contribution in [-0.2, 0) is 6.54 Å². The van der Waals surface area contributed by atoms with Crippen molar-refractivity contribution in [3.8, 4) is 0 Å². The molecule has 2 aromatic heterocycles. The molecule has 0 aliphatic heterocycles. The zero-order chi connectivity index (χ0) is 15.6. The second-order valence-electron chi connectivity index (χ2n) is 5.30. The van der Waals surface area contributed by atoms with Gasteiger partial charge >= 0.3 is 0 Å². The number of hydrogen-bond donors (Lipinski definition) is 1. The Labute approximate surface area is 138 Å². The van der Waals surface area contributed by atoms with Crippen molar-refractivity contribution in [2.24, 2.45) is 0 Å². The Kier molecular flexibility index (Phi) is 5.27. The molecule has 0 spiro atoms. The van der Waals surface area contributed by atoms with Crippen molar-refractivity contribution in [2.75, 3.05) is 0 Å². The third kappa shape index (κ3) is 3.77. The summed E-state index contributed by atoms with van der Waals surface area (Å²) in [5, 5.41) is 3.10. The molecule has 0 aromatic carbocycles. The highest BCUT2D eigenvalue weighted by Gasteiger charge is 2.18. The topological polar surface area (TPSA) is 34.0 Å². The van der Waals surface area contributed by atoms with Crippen LogP contribution < -0.4 is 5.32 Å². The maximum Gasteiger partial charge on any atom is 0.268 e. The maximum absolute atomic E-state index is 12.5. The standard InChI is InChI=1S/C16H21BrN2OS/c1-5-6-19-9-13(17)8-15(19)16(20)18-11(3)14-7-10(2)21-12(14)4/h7-9,11H,5-6H2,1-4H3,(H,18,20). The SMILES string of the molecule is CCCn1cc(Br)cc1C(=O)NC(C)c1cc(C)sc1C. The van der Waals surface area contributed by atoms with E-state index in [0.29, 0.717) is 5.69 Å². The van der Waals surface area contributed by atoms with Gasteiger partial charge < -0.3 is 9.88 Å². The summed E-state index contributed by atoms with van der Waals surface area (Å²) in [6.07, 6.45) is 2.96. The lowest BCUT2D eigenvalue weighted by Crippen LogP contribution is -2.28. The molecular weight excluding hydrogens is 348 g/mol. The molecule has 114 valence electrons. The van der Waals surface area contributed by atoms with Crippen molar-refractivity contribution in [1.82, 2.24) is 9.88 Å². The molecule has 3 nitrogen and oxygen atoms in total. The number of thiophene rings is 1. The van der Waals surface area contributed by atoms with Crippen LogP contribution in [0.25, 0.3) is 0 Å². The van der Waals surface area contributed by atoms with Gasteiger partial charge in [-0.2, -0.15) is 0 Å². The first-order valence-corrected chi connectivity index (χ1v) is 8.76. The van der Waals surface area contributed by atoms with Crippen LogP contribution in [0.15, 0.2) is 22.8 Å². The Balaban J connectivity index is 2.16. The second-order valence-corrected chi connectivity index (χ2v) is 7.68.